The standard InChI is InChI=1S/C26H35ClNO5Si/c1-8-15-32-24(31)22(27)28-20(18-14-13-16-11-9-10-12-17(16)21(18)29)19(23(28)30)26(5,25(2,3)4)33-34(6)7/h8-12,18-20,22H,1,13-15H2,2-7H3/t18-,19-,20-,22?,26-/m1/s1. The van der Waals surface area contributed by atoms with E-state index in [1.807, 2.05) is 65.1 Å². The number of rotatable bonds is 8. The molecule has 6 nitrogen and oxygen atoms in total. The van der Waals surface area contributed by atoms with E-state index in [2.05, 4.69) is 6.58 Å². The number of carbonyl (C=O) groups excluding carboxylic acids is 3. The molecule has 34 heavy (non-hydrogen) atoms. The van der Waals surface area contributed by atoms with E-state index in [4.69, 9.17) is 20.8 Å². The van der Waals surface area contributed by atoms with Crippen molar-refractivity contribution in [2.45, 2.75) is 70.8 Å². The molecule has 185 valence electrons. The van der Waals surface area contributed by atoms with Gasteiger partial charge in [0.05, 0.1) is 17.6 Å². The fraction of sp³-hybridized carbons (Fsp3) is 0.577. The highest BCUT2D eigenvalue weighted by molar-refractivity contribution is 6.48. The van der Waals surface area contributed by atoms with E-state index in [1.54, 1.807) is 0 Å². The first-order valence-electron chi connectivity index (χ1n) is 11.7. The van der Waals surface area contributed by atoms with Crippen LogP contribution < -0.4 is 0 Å². The smallest absolute Gasteiger partial charge is 0.344 e. The number of halogens is 1. The Balaban J connectivity index is 2.06. The van der Waals surface area contributed by atoms with E-state index in [9.17, 15) is 14.4 Å². The zero-order chi connectivity index (χ0) is 25.4. The number of benzene rings is 1. The number of aryl methyl sites for hydroxylation is 1. The summed E-state index contributed by atoms with van der Waals surface area (Å²) in [7, 11) is -1.19. The fourth-order valence-electron chi connectivity index (χ4n) is 5.16. The number of fused-ring (bicyclic) bond motifs is 1. The normalized spacial score (nSPS) is 25.3. The summed E-state index contributed by atoms with van der Waals surface area (Å²) in [5, 5.41) is 0. The van der Waals surface area contributed by atoms with Crippen molar-refractivity contribution in [3.05, 3.63) is 48.0 Å². The van der Waals surface area contributed by atoms with Crippen molar-refractivity contribution < 1.29 is 23.5 Å². The minimum atomic E-state index is -1.32. The maximum Gasteiger partial charge on any atom is 0.344 e. The van der Waals surface area contributed by atoms with Crippen LogP contribution in [0.4, 0.5) is 0 Å². The molecule has 1 aliphatic heterocycles. The predicted octanol–water partition coefficient (Wildman–Crippen LogP) is 4.63. The average Bonchev–Trinajstić information content (AvgIpc) is 2.75. The van der Waals surface area contributed by atoms with E-state index in [0.29, 0.717) is 12.0 Å². The molecule has 1 radical (unpaired) electrons. The molecule has 3 rings (SSSR count). The number of alkyl halides is 1. The molecule has 8 heteroatoms. The molecule has 1 aromatic rings. The second-order valence-electron chi connectivity index (χ2n) is 10.5. The Hall–Kier alpha value is -1.96. The number of hydrogen-bond acceptors (Lipinski definition) is 5. The van der Waals surface area contributed by atoms with Crippen molar-refractivity contribution in [2.75, 3.05) is 6.61 Å². The molecule has 0 spiro atoms. The zero-order valence-electron chi connectivity index (χ0n) is 20.9. The molecule has 0 bridgehead atoms. The van der Waals surface area contributed by atoms with Crippen LogP contribution in [0.1, 0.15) is 50.0 Å². The third-order valence-corrected chi connectivity index (χ3v) is 8.44. The number of nitrogens with zero attached hydrogens (tertiary/aromatic N) is 1. The molecule has 0 N–H and O–H groups in total. The Morgan fingerprint density at radius 1 is 1.26 bits per heavy atom. The molecular formula is C26H35ClNO5Si. The van der Waals surface area contributed by atoms with E-state index in [1.165, 1.54) is 11.0 Å². The minimum Gasteiger partial charge on any atom is -0.459 e. The van der Waals surface area contributed by atoms with Crippen molar-refractivity contribution in [1.29, 1.82) is 0 Å². The second kappa shape index (κ2) is 9.95. The molecule has 1 heterocycles. The molecule has 2 aliphatic rings. The number of amides is 1. The number of esters is 1. The lowest BCUT2D eigenvalue weighted by Crippen LogP contribution is -2.76. The molecule has 0 saturated carbocycles. The van der Waals surface area contributed by atoms with Crippen LogP contribution in [0.2, 0.25) is 13.1 Å². The summed E-state index contributed by atoms with van der Waals surface area (Å²) in [6, 6.07) is 7.00. The van der Waals surface area contributed by atoms with E-state index < -0.39 is 49.4 Å². The number of ether oxygens (including phenoxy) is 1. The lowest BCUT2D eigenvalue weighted by molar-refractivity contribution is -0.195. The molecule has 1 amide bonds. The van der Waals surface area contributed by atoms with Gasteiger partial charge in [0.2, 0.25) is 20.4 Å². The van der Waals surface area contributed by atoms with Crippen LogP contribution in [-0.4, -0.2) is 55.4 Å². The van der Waals surface area contributed by atoms with Gasteiger partial charge in [0.25, 0.3) is 0 Å². The van der Waals surface area contributed by atoms with Crippen LogP contribution in [0.5, 0.6) is 0 Å². The van der Waals surface area contributed by atoms with Gasteiger partial charge in [0, 0.05) is 11.5 Å². The molecule has 1 unspecified atom stereocenters. The molecular weight excluding hydrogens is 470 g/mol. The summed E-state index contributed by atoms with van der Waals surface area (Å²) in [5.41, 5.74) is -0.891. The Labute approximate surface area is 209 Å². The van der Waals surface area contributed by atoms with Crippen LogP contribution >= 0.6 is 11.6 Å². The lowest BCUT2D eigenvalue weighted by atomic mass is 9.59. The third-order valence-electron chi connectivity index (χ3n) is 7.22. The number of ketones is 1. The Morgan fingerprint density at radius 2 is 1.91 bits per heavy atom. The van der Waals surface area contributed by atoms with Crippen LogP contribution in [0.25, 0.3) is 0 Å². The molecule has 1 fully saturated rings. The third kappa shape index (κ3) is 4.62. The quantitative estimate of drug-likeness (QED) is 0.129. The fourth-order valence-corrected chi connectivity index (χ4v) is 6.73. The Morgan fingerprint density at radius 3 is 2.50 bits per heavy atom. The van der Waals surface area contributed by atoms with Gasteiger partial charge in [0.15, 0.2) is 5.78 Å². The van der Waals surface area contributed by atoms with Crippen molar-refractivity contribution >= 4 is 38.3 Å². The van der Waals surface area contributed by atoms with Crippen molar-refractivity contribution in [3.63, 3.8) is 0 Å². The SMILES string of the molecule is C=CCOC(=O)C(Cl)N1C(=O)[C@H]([C@@](C)(O[Si](C)C)C(C)(C)C)[C@H]1[C@H]1CCc2ccccc2C1=O. The summed E-state index contributed by atoms with van der Waals surface area (Å²) in [6.07, 6.45) is 2.73. The highest BCUT2D eigenvalue weighted by Gasteiger charge is 2.65. The van der Waals surface area contributed by atoms with Crippen LogP contribution in [-0.2, 0) is 25.2 Å². The van der Waals surface area contributed by atoms with E-state index in [-0.39, 0.29) is 18.3 Å². The number of Topliss-reactive ketones (excluding diaryl/α,β-unsaturated/α-hetero) is 1. The Kier molecular flexibility index (Phi) is 7.80. The van der Waals surface area contributed by atoms with Crippen molar-refractivity contribution in [1.82, 2.24) is 4.90 Å². The molecule has 1 aliphatic carbocycles. The van der Waals surface area contributed by atoms with Gasteiger partial charge in [-0.05, 0) is 43.8 Å². The zero-order valence-corrected chi connectivity index (χ0v) is 22.6. The lowest BCUT2D eigenvalue weighted by Gasteiger charge is -2.60. The van der Waals surface area contributed by atoms with Gasteiger partial charge in [-0.15, -0.1) is 0 Å². The highest BCUT2D eigenvalue weighted by Crippen LogP contribution is 2.52. The summed E-state index contributed by atoms with van der Waals surface area (Å²) in [5.74, 6) is -2.13. The number of β-lactam (4-membered cyclic amide) rings is 1. The van der Waals surface area contributed by atoms with Crippen LogP contribution in [0.15, 0.2) is 36.9 Å². The first kappa shape index (κ1) is 26.6. The van der Waals surface area contributed by atoms with E-state index >= 15 is 0 Å². The van der Waals surface area contributed by atoms with E-state index in [0.717, 1.165) is 12.0 Å². The van der Waals surface area contributed by atoms with Crippen molar-refractivity contribution in [2.24, 2.45) is 17.3 Å². The van der Waals surface area contributed by atoms with Gasteiger partial charge in [0.1, 0.15) is 6.61 Å². The summed E-state index contributed by atoms with van der Waals surface area (Å²) >= 11 is 6.51. The number of carbonyl (C=O) groups is 3. The van der Waals surface area contributed by atoms with Gasteiger partial charge in [-0.25, -0.2) is 4.79 Å². The number of likely N-dealkylation sites (tertiary alicyclic amines) is 1. The maximum atomic E-state index is 13.7. The monoisotopic (exact) mass is 504 g/mol. The summed E-state index contributed by atoms with van der Waals surface area (Å²) < 4.78 is 11.7. The van der Waals surface area contributed by atoms with Gasteiger partial charge in [-0.2, -0.15) is 0 Å². The predicted molar refractivity (Wildman–Crippen MR) is 134 cm³/mol. The summed E-state index contributed by atoms with van der Waals surface area (Å²) in [4.78, 5) is 41.3. The highest BCUT2D eigenvalue weighted by atomic mass is 35.5. The minimum absolute atomic E-state index is 0.00577. The average molecular weight is 505 g/mol. The second-order valence-corrected chi connectivity index (χ2v) is 12.9. The largest absolute Gasteiger partial charge is 0.459 e. The first-order valence-corrected chi connectivity index (χ1v) is 14.5. The molecule has 0 aromatic heterocycles. The van der Waals surface area contributed by atoms with Crippen LogP contribution in [0.3, 0.4) is 0 Å². The maximum absolute atomic E-state index is 13.7. The van der Waals surface area contributed by atoms with Gasteiger partial charge in [-0.1, -0.05) is 69.3 Å². The molecule has 5 atom stereocenters. The van der Waals surface area contributed by atoms with Gasteiger partial charge >= 0.3 is 5.97 Å². The van der Waals surface area contributed by atoms with Crippen molar-refractivity contribution in [3.8, 4) is 0 Å². The topological polar surface area (TPSA) is 72.9 Å². The number of hydrogen-bond donors (Lipinski definition) is 0. The van der Waals surface area contributed by atoms with Gasteiger partial charge in [-0.3, -0.25) is 9.59 Å². The molecule has 1 aromatic carbocycles. The molecule has 1 saturated heterocycles. The van der Waals surface area contributed by atoms with Crippen LogP contribution in [0, 0.1) is 17.3 Å². The first-order chi connectivity index (χ1) is 15.8. The van der Waals surface area contributed by atoms with Gasteiger partial charge < -0.3 is 14.1 Å². The summed E-state index contributed by atoms with van der Waals surface area (Å²) in [6.45, 7) is 15.7. The Bertz CT molecular complexity index is 974.